The van der Waals surface area contributed by atoms with Crippen LogP contribution in [-0.4, -0.2) is 39.4 Å². The van der Waals surface area contributed by atoms with Crippen LogP contribution in [0.1, 0.15) is 19.4 Å². The summed E-state index contributed by atoms with van der Waals surface area (Å²) in [4.78, 5) is 25.4. The van der Waals surface area contributed by atoms with Gasteiger partial charge in [-0.3, -0.25) is 14.5 Å². The van der Waals surface area contributed by atoms with Gasteiger partial charge in [-0.1, -0.05) is 30.3 Å². The quantitative estimate of drug-likeness (QED) is 0.648. The molecule has 1 aromatic rings. The molecule has 1 heterocycles. The van der Waals surface area contributed by atoms with Crippen LogP contribution in [0, 0.1) is 5.41 Å². The largest absolute Gasteiger partial charge is 0.615 e. The van der Waals surface area contributed by atoms with E-state index in [4.69, 9.17) is 0 Å². The van der Waals surface area contributed by atoms with Crippen molar-refractivity contribution in [2.75, 3.05) is 12.8 Å². The molecule has 0 bridgehead atoms. The molecule has 1 aliphatic rings. The van der Waals surface area contributed by atoms with Crippen LogP contribution in [0.5, 0.6) is 0 Å². The van der Waals surface area contributed by atoms with Gasteiger partial charge in [0.1, 0.15) is 12.0 Å². The van der Waals surface area contributed by atoms with Crippen LogP contribution in [-0.2, 0) is 27.3 Å². The number of β-lactam (4-membered cyclic amide) rings is 1. The maximum Gasteiger partial charge on any atom is 0.240 e. The molecule has 0 aromatic heterocycles. The Morgan fingerprint density at radius 1 is 1.38 bits per heavy atom. The van der Waals surface area contributed by atoms with E-state index in [-0.39, 0.29) is 18.4 Å². The van der Waals surface area contributed by atoms with Crippen LogP contribution >= 0.6 is 0 Å². The molecular weight excluding hydrogens is 288 g/mol. The van der Waals surface area contributed by atoms with E-state index in [2.05, 4.69) is 5.32 Å². The maximum absolute atomic E-state index is 12.0. The zero-order valence-electron chi connectivity index (χ0n) is 12.5. The second-order valence-corrected chi connectivity index (χ2v) is 7.21. The van der Waals surface area contributed by atoms with E-state index in [1.54, 1.807) is 20.1 Å². The third-order valence-corrected chi connectivity index (χ3v) is 5.15. The van der Waals surface area contributed by atoms with Gasteiger partial charge in [0.2, 0.25) is 17.2 Å². The first-order valence-electron chi connectivity index (χ1n) is 6.78. The molecule has 5 nitrogen and oxygen atoms in total. The first-order valence-corrected chi connectivity index (χ1v) is 8.40. The molecule has 0 aliphatic carbocycles. The predicted molar refractivity (Wildman–Crippen MR) is 81.6 cm³/mol. The predicted octanol–water partition coefficient (Wildman–Crippen LogP) is 0.876. The fraction of sp³-hybridized carbons (Fsp3) is 0.467. The molecule has 114 valence electrons. The number of likely N-dealkylation sites (tertiary alicyclic amines) is 1. The molecule has 2 atom stereocenters. The minimum Gasteiger partial charge on any atom is -0.615 e. The highest BCUT2D eigenvalue weighted by atomic mass is 32.2. The molecule has 0 spiro atoms. The summed E-state index contributed by atoms with van der Waals surface area (Å²) in [6.07, 6.45) is 1.56. The smallest absolute Gasteiger partial charge is 0.240 e. The van der Waals surface area contributed by atoms with E-state index < -0.39 is 22.0 Å². The fourth-order valence-electron chi connectivity index (χ4n) is 2.66. The zero-order valence-corrected chi connectivity index (χ0v) is 13.3. The first kappa shape index (κ1) is 15.9. The summed E-state index contributed by atoms with van der Waals surface area (Å²) in [7, 11) is 0. The Hall–Kier alpha value is -1.53. The van der Waals surface area contributed by atoms with Crippen molar-refractivity contribution >= 4 is 23.0 Å². The molecule has 1 saturated heterocycles. The minimum atomic E-state index is -1.17. The Balaban J connectivity index is 1.89. The summed E-state index contributed by atoms with van der Waals surface area (Å²) < 4.78 is 11.7. The number of amides is 2. The Morgan fingerprint density at radius 3 is 2.57 bits per heavy atom. The van der Waals surface area contributed by atoms with Crippen LogP contribution in [0.25, 0.3) is 0 Å². The number of nitrogens with zero attached hydrogens (tertiary/aromatic N) is 1. The first-order chi connectivity index (χ1) is 9.84. The Kier molecular flexibility index (Phi) is 4.58. The molecule has 21 heavy (non-hydrogen) atoms. The maximum atomic E-state index is 12.0. The lowest BCUT2D eigenvalue weighted by molar-refractivity contribution is -0.162. The third-order valence-electron chi connectivity index (χ3n) is 3.67. The van der Waals surface area contributed by atoms with Gasteiger partial charge in [-0.25, -0.2) is 0 Å². The normalized spacial score (nSPS) is 21.6. The molecule has 1 aliphatic heterocycles. The SMILES string of the molecule is C[S+]([O-])C1N(CC(=O)NCc2ccccc2)C(=O)C1(C)C. The van der Waals surface area contributed by atoms with Gasteiger partial charge in [0.15, 0.2) is 0 Å². The Labute approximate surface area is 127 Å². The zero-order chi connectivity index (χ0) is 15.6. The third kappa shape index (κ3) is 3.22. The van der Waals surface area contributed by atoms with Crippen molar-refractivity contribution in [3.8, 4) is 0 Å². The number of nitrogens with one attached hydrogen (secondary N) is 1. The topological polar surface area (TPSA) is 72.5 Å². The molecule has 2 rings (SSSR count). The molecule has 2 amide bonds. The molecule has 1 aromatic carbocycles. The summed E-state index contributed by atoms with van der Waals surface area (Å²) in [6, 6.07) is 9.55. The number of hydrogen-bond acceptors (Lipinski definition) is 3. The Bertz CT molecular complexity index is 531. The van der Waals surface area contributed by atoms with Crippen molar-refractivity contribution in [3.05, 3.63) is 35.9 Å². The number of rotatable bonds is 5. The molecule has 0 saturated carbocycles. The van der Waals surface area contributed by atoms with E-state index in [0.29, 0.717) is 6.54 Å². The summed E-state index contributed by atoms with van der Waals surface area (Å²) in [6.45, 7) is 3.91. The summed E-state index contributed by atoms with van der Waals surface area (Å²) in [5.41, 5.74) is 0.344. The monoisotopic (exact) mass is 308 g/mol. The van der Waals surface area contributed by atoms with Crippen LogP contribution < -0.4 is 5.32 Å². The van der Waals surface area contributed by atoms with E-state index in [1.807, 2.05) is 30.3 Å². The molecule has 0 radical (unpaired) electrons. The fourth-order valence-corrected chi connectivity index (χ4v) is 4.12. The van der Waals surface area contributed by atoms with Crippen molar-refractivity contribution < 1.29 is 14.1 Å². The van der Waals surface area contributed by atoms with Crippen molar-refractivity contribution in [2.24, 2.45) is 5.41 Å². The van der Waals surface area contributed by atoms with Crippen LogP contribution in [0.3, 0.4) is 0 Å². The van der Waals surface area contributed by atoms with Gasteiger partial charge in [-0.05, 0) is 30.6 Å². The highest BCUT2D eigenvalue weighted by molar-refractivity contribution is 7.91. The Morgan fingerprint density at radius 2 is 2.00 bits per heavy atom. The van der Waals surface area contributed by atoms with Crippen molar-refractivity contribution in [2.45, 2.75) is 25.8 Å². The number of benzene rings is 1. The van der Waals surface area contributed by atoms with Gasteiger partial charge < -0.3 is 9.87 Å². The molecule has 1 fully saturated rings. The van der Waals surface area contributed by atoms with Gasteiger partial charge in [0.05, 0.1) is 6.26 Å². The molecule has 6 heteroatoms. The van der Waals surface area contributed by atoms with Crippen molar-refractivity contribution in [3.63, 3.8) is 0 Å². The van der Waals surface area contributed by atoms with Gasteiger partial charge in [-0.15, -0.1) is 0 Å². The lowest BCUT2D eigenvalue weighted by atomic mass is 9.82. The average Bonchev–Trinajstić information content (AvgIpc) is 2.44. The average molecular weight is 308 g/mol. The summed E-state index contributed by atoms with van der Waals surface area (Å²) >= 11 is -1.17. The van der Waals surface area contributed by atoms with Crippen molar-refractivity contribution in [1.82, 2.24) is 10.2 Å². The lowest BCUT2D eigenvalue weighted by Gasteiger charge is -2.50. The summed E-state index contributed by atoms with van der Waals surface area (Å²) in [5.74, 6) is -0.365. The number of hydrogen-bond donors (Lipinski definition) is 1. The second-order valence-electron chi connectivity index (χ2n) is 5.77. The highest BCUT2D eigenvalue weighted by Crippen LogP contribution is 2.40. The van der Waals surface area contributed by atoms with Crippen molar-refractivity contribution in [1.29, 1.82) is 0 Å². The van der Waals surface area contributed by atoms with E-state index in [0.717, 1.165) is 5.56 Å². The van der Waals surface area contributed by atoms with Crippen LogP contribution in [0.15, 0.2) is 30.3 Å². The van der Waals surface area contributed by atoms with Gasteiger partial charge in [0, 0.05) is 6.54 Å². The van der Waals surface area contributed by atoms with Gasteiger partial charge in [-0.2, -0.15) is 0 Å². The van der Waals surface area contributed by atoms with Crippen LogP contribution in [0.2, 0.25) is 0 Å². The van der Waals surface area contributed by atoms with Gasteiger partial charge >= 0.3 is 0 Å². The highest BCUT2D eigenvalue weighted by Gasteiger charge is 2.60. The minimum absolute atomic E-state index is 0.0423. The summed E-state index contributed by atoms with van der Waals surface area (Å²) in [5, 5.41) is 2.38. The lowest BCUT2D eigenvalue weighted by Crippen LogP contribution is -2.70. The number of carbonyl (C=O) groups excluding carboxylic acids is 2. The standard InChI is InChI=1S/C15H20N2O3S/c1-15(2)13(19)17(14(15)21(3)20)10-12(18)16-9-11-7-5-4-6-8-11/h4-8,14H,9-10H2,1-3H3,(H,16,18). The van der Waals surface area contributed by atoms with E-state index >= 15 is 0 Å². The van der Waals surface area contributed by atoms with E-state index in [1.165, 1.54) is 4.90 Å². The van der Waals surface area contributed by atoms with E-state index in [9.17, 15) is 14.1 Å². The van der Waals surface area contributed by atoms with Crippen LogP contribution in [0.4, 0.5) is 0 Å². The molecule has 1 N–H and O–H groups in total. The number of carbonyl (C=O) groups is 2. The molecule has 2 unspecified atom stereocenters. The second kappa shape index (κ2) is 6.07. The molecular formula is C15H20N2O3S. The van der Waals surface area contributed by atoms with Gasteiger partial charge in [0.25, 0.3) is 0 Å².